The first-order chi connectivity index (χ1) is 18.9. The van der Waals surface area contributed by atoms with Crippen LogP contribution in [0.5, 0.6) is 0 Å². The first-order valence-corrected chi connectivity index (χ1v) is 14.3. The molecule has 0 spiro atoms. The van der Waals surface area contributed by atoms with Gasteiger partial charge in [-0.1, -0.05) is 48.0 Å². The Balaban J connectivity index is 1.33. The first-order valence-electron chi connectivity index (χ1n) is 13.9. The molecule has 39 heavy (non-hydrogen) atoms. The number of amides is 1. The minimum atomic E-state index is -0.842. The number of pyridine rings is 1. The lowest BCUT2D eigenvalue weighted by atomic mass is 9.71. The van der Waals surface area contributed by atoms with Gasteiger partial charge >= 0.3 is 5.97 Å². The van der Waals surface area contributed by atoms with Crippen LogP contribution in [0.4, 0.5) is 5.69 Å². The number of aromatic nitrogens is 1. The van der Waals surface area contributed by atoms with E-state index in [9.17, 15) is 14.7 Å². The Labute approximate surface area is 235 Å². The molecule has 0 saturated heterocycles. The number of carboxylic acid groups (broad SMARTS) is 1. The zero-order valence-electron chi connectivity index (χ0n) is 22.3. The summed E-state index contributed by atoms with van der Waals surface area (Å²) in [7, 11) is 0. The predicted molar refractivity (Wildman–Crippen MR) is 156 cm³/mol. The number of anilines is 1. The summed E-state index contributed by atoms with van der Waals surface area (Å²) >= 11 is 6.05. The molecule has 5 rings (SSSR count). The molecule has 1 fully saturated rings. The van der Waals surface area contributed by atoms with Gasteiger partial charge in [0.1, 0.15) is 0 Å². The van der Waals surface area contributed by atoms with Crippen molar-refractivity contribution in [3.05, 3.63) is 99.8 Å². The number of carbonyl (C=O) groups excluding carboxylic acids is 1. The molecule has 6 heteroatoms. The van der Waals surface area contributed by atoms with Crippen molar-refractivity contribution in [3.8, 4) is 0 Å². The third-order valence-electron chi connectivity index (χ3n) is 8.47. The van der Waals surface area contributed by atoms with Gasteiger partial charge in [0.15, 0.2) is 0 Å². The van der Waals surface area contributed by atoms with Crippen LogP contribution in [-0.4, -0.2) is 22.0 Å². The fourth-order valence-corrected chi connectivity index (χ4v) is 6.24. The Bertz CT molecular complexity index is 1340. The lowest BCUT2D eigenvalue weighted by Crippen LogP contribution is -2.33. The highest BCUT2D eigenvalue weighted by Gasteiger charge is 2.33. The molecule has 1 amide bonds. The van der Waals surface area contributed by atoms with Gasteiger partial charge in [0.25, 0.3) is 0 Å². The van der Waals surface area contributed by atoms with E-state index in [1.165, 1.54) is 16.8 Å². The molecule has 0 bridgehead atoms. The minimum absolute atomic E-state index is 0.0213. The van der Waals surface area contributed by atoms with Crippen molar-refractivity contribution in [1.29, 1.82) is 0 Å². The van der Waals surface area contributed by atoms with E-state index in [0.29, 0.717) is 17.4 Å². The molecule has 2 aromatic carbocycles. The molecule has 0 radical (unpaired) electrons. The molecule has 3 aromatic rings. The molecule has 2 aliphatic carbocycles. The average Bonchev–Trinajstić information content (AvgIpc) is 2.97. The minimum Gasteiger partial charge on any atom is -0.481 e. The molecule has 202 valence electrons. The Morgan fingerprint density at radius 3 is 2.44 bits per heavy atom. The van der Waals surface area contributed by atoms with Gasteiger partial charge in [-0.3, -0.25) is 14.6 Å². The predicted octanol–water partition coefficient (Wildman–Crippen LogP) is 7.65. The number of halogens is 1. The van der Waals surface area contributed by atoms with E-state index in [1.54, 1.807) is 19.1 Å². The second kappa shape index (κ2) is 12.2. The fourth-order valence-electron chi connectivity index (χ4n) is 6.12. The second-order valence-electron chi connectivity index (χ2n) is 10.9. The van der Waals surface area contributed by atoms with Gasteiger partial charge in [-0.2, -0.15) is 0 Å². The Morgan fingerprint density at radius 1 is 1.03 bits per heavy atom. The monoisotopic (exact) mass is 542 g/mol. The SMILES string of the molecule is C[C@@H](C(=O)O)c1ccc(CC(C(=O)Nc2ccc(Cl)cc2)C2CCC(c3ccnc4c3C=CCC4)CC2)cc1. The van der Waals surface area contributed by atoms with Crippen molar-refractivity contribution in [2.75, 3.05) is 5.32 Å². The van der Waals surface area contributed by atoms with Crippen molar-refractivity contribution in [1.82, 2.24) is 4.98 Å². The highest BCUT2D eigenvalue weighted by atomic mass is 35.5. The van der Waals surface area contributed by atoms with E-state index in [4.69, 9.17) is 11.6 Å². The number of fused-ring (bicyclic) bond motifs is 1. The Kier molecular flexibility index (Phi) is 8.47. The number of carbonyl (C=O) groups is 2. The fraction of sp³-hybridized carbons (Fsp3) is 0.364. The van der Waals surface area contributed by atoms with Crippen LogP contribution in [0.25, 0.3) is 6.08 Å². The van der Waals surface area contributed by atoms with E-state index in [1.807, 2.05) is 42.6 Å². The van der Waals surface area contributed by atoms with Crippen LogP contribution in [0, 0.1) is 11.8 Å². The van der Waals surface area contributed by atoms with Crippen LogP contribution in [0.1, 0.15) is 78.8 Å². The van der Waals surface area contributed by atoms with Gasteiger partial charge in [0.2, 0.25) is 5.91 Å². The number of hydrogen-bond acceptors (Lipinski definition) is 3. The van der Waals surface area contributed by atoms with Crippen LogP contribution in [0.3, 0.4) is 0 Å². The van der Waals surface area contributed by atoms with Gasteiger partial charge in [-0.05, 0) is 116 Å². The second-order valence-corrected chi connectivity index (χ2v) is 11.4. The summed E-state index contributed by atoms with van der Waals surface area (Å²) in [6.45, 7) is 1.69. The van der Waals surface area contributed by atoms with Crippen molar-refractivity contribution in [2.45, 2.75) is 63.7 Å². The summed E-state index contributed by atoms with van der Waals surface area (Å²) < 4.78 is 0. The van der Waals surface area contributed by atoms with Crippen LogP contribution >= 0.6 is 11.6 Å². The lowest BCUT2D eigenvalue weighted by molar-refractivity contribution is -0.138. The van der Waals surface area contributed by atoms with Crippen molar-refractivity contribution >= 4 is 35.2 Å². The lowest BCUT2D eigenvalue weighted by Gasteiger charge is -2.34. The summed E-state index contributed by atoms with van der Waals surface area (Å²) in [6, 6.07) is 17.1. The summed E-state index contributed by atoms with van der Waals surface area (Å²) in [4.78, 5) is 29.7. The molecule has 1 aromatic heterocycles. The third-order valence-corrected chi connectivity index (χ3v) is 8.73. The third kappa shape index (κ3) is 6.42. The van der Waals surface area contributed by atoms with E-state index < -0.39 is 11.9 Å². The summed E-state index contributed by atoms with van der Waals surface area (Å²) in [6.07, 6.45) is 13.2. The number of nitrogens with one attached hydrogen (secondary N) is 1. The summed E-state index contributed by atoms with van der Waals surface area (Å²) in [5.74, 6) is -0.821. The number of aryl methyl sites for hydroxylation is 1. The quantitative estimate of drug-likeness (QED) is 0.306. The summed E-state index contributed by atoms with van der Waals surface area (Å²) in [5, 5.41) is 13.1. The van der Waals surface area contributed by atoms with Crippen molar-refractivity contribution in [2.24, 2.45) is 11.8 Å². The Morgan fingerprint density at radius 2 is 1.74 bits per heavy atom. The highest BCUT2D eigenvalue weighted by molar-refractivity contribution is 6.30. The first kappa shape index (κ1) is 27.1. The van der Waals surface area contributed by atoms with Crippen LogP contribution in [-0.2, 0) is 22.4 Å². The number of carboxylic acids is 1. The normalized spacial score (nSPS) is 20.1. The topological polar surface area (TPSA) is 79.3 Å². The molecule has 5 nitrogen and oxygen atoms in total. The zero-order chi connectivity index (χ0) is 27.4. The van der Waals surface area contributed by atoms with E-state index in [-0.39, 0.29) is 17.7 Å². The van der Waals surface area contributed by atoms with Gasteiger partial charge in [0, 0.05) is 28.5 Å². The van der Waals surface area contributed by atoms with E-state index in [0.717, 1.165) is 55.3 Å². The number of benzene rings is 2. The standard InChI is InChI=1S/C33H35ClN2O3/c1-21(33(38)39)23-8-6-22(7-9-23)20-30(32(37)36-27-16-14-26(34)15-17-27)25-12-10-24(11-13-25)28-18-19-35-31-5-3-2-4-29(28)31/h2,4,6-9,14-19,21,24-25,30H,3,5,10-13,20H2,1H3,(H,36,37)(H,38,39)/t21-,24?,25?,30?/m1/s1. The molecule has 2 aliphatic rings. The molecule has 1 saturated carbocycles. The van der Waals surface area contributed by atoms with Gasteiger partial charge in [-0.15, -0.1) is 0 Å². The molecule has 2 N–H and O–H groups in total. The maximum atomic E-state index is 13.7. The van der Waals surface area contributed by atoms with Crippen molar-refractivity contribution in [3.63, 3.8) is 0 Å². The van der Waals surface area contributed by atoms with Gasteiger partial charge in [-0.25, -0.2) is 0 Å². The van der Waals surface area contributed by atoms with E-state index >= 15 is 0 Å². The molecule has 1 heterocycles. The number of allylic oxidation sites excluding steroid dienone is 1. The number of rotatable bonds is 8. The van der Waals surface area contributed by atoms with Crippen LogP contribution in [0.2, 0.25) is 5.02 Å². The number of nitrogens with zero attached hydrogens (tertiary/aromatic N) is 1. The molecular formula is C33H35ClN2O3. The average molecular weight is 543 g/mol. The molecular weight excluding hydrogens is 508 g/mol. The van der Waals surface area contributed by atoms with Crippen LogP contribution in [0.15, 0.2) is 66.9 Å². The van der Waals surface area contributed by atoms with Gasteiger partial charge in [0.05, 0.1) is 5.92 Å². The zero-order valence-corrected chi connectivity index (χ0v) is 23.0. The van der Waals surface area contributed by atoms with Crippen molar-refractivity contribution < 1.29 is 14.7 Å². The van der Waals surface area contributed by atoms with E-state index in [2.05, 4.69) is 28.5 Å². The molecule has 0 aliphatic heterocycles. The Hall–Kier alpha value is -3.44. The largest absolute Gasteiger partial charge is 0.481 e. The van der Waals surface area contributed by atoms with Gasteiger partial charge < -0.3 is 10.4 Å². The van der Waals surface area contributed by atoms with Crippen LogP contribution < -0.4 is 5.32 Å². The summed E-state index contributed by atoms with van der Waals surface area (Å²) in [5.41, 5.74) is 6.47. The smallest absolute Gasteiger partial charge is 0.310 e. The maximum absolute atomic E-state index is 13.7. The molecule has 2 atom stereocenters. The molecule has 1 unspecified atom stereocenters. The number of hydrogen-bond donors (Lipinski definition) is 2. The number of aliphatic carboxylic acids is 1. The highest BCUT2D eigenvalue weighted by Crippen LogP contribution is 2.42. The maximum Gasteiger partial charge on any atom is 0.310 e.